The van der Waals surface area contributed by atoms with Crippen molar-refractivity contribution in [3.63, 3.8) is 0 Å². The van der Waals surface area contributed by atoms with Gasteiger partial charge in [-0.15, -0.1) is 0 Å². The van der Waals surface area contributed by atoms with Crippen molar-refractivity contribution in [3.8, 4) is 0 Å². The molecule has 19 heavy (non-hydrogen) atoms. The summed E-state index contributed by atoms with van der Waals surface area (Å²) in [6, 6.07) is 11.2. The van der Waals surface area contributed by atoms with Gasteiger partial charge in [-0.3, -0.25) is 0 Å². The number of hydrogen-bond donors (Lipinski definition) is 1. The van der Waals surface area contributed by atoms with Gasteiger partial charge in [-0.2, -0.15) is 5.10 Å². The van der Waals surface area contributed by atoms with E-state index >= 15 is 0 Å². The van der Waals surface area contributed by atoms with Crippen LogP contribution in [0.3, 0.4) is 0 Å². The van der Waals surface area contributed by atoms with E-state index < -0.39 is 0 Å². The van der Waals surface area contributed by atoms with E-state index in [1.54, 1.807) is 6.33 Å². The predicted molar refractivity (Wildman–Crippen MR) is 75.0 cm³/mol. The van der Waals surface area contributed by atoms with Gasteiger partial charge in [-0.05, 0) is 17.9 Å². The highest BCUT2D eigenvalue weighted by Gasteiger charge is 2.19. The molecule has 100 valence electrons. The molecule has 0 bridgehead atoms. The monoisotopic (exact) mass is 256 g/mol. The predicted octanol–water partition coefficient (Wildman–Crippen LogP) is 1.99. The quantitative estimate of drug-likeness (QED) is 0.909. The Hall–Kier alpha value is -1.68. The van der Waals surface area contributed by atoms with Crippen LogP contribution in [0, 0.1) is 0 Å². The summed E-state index contributed by atoms with van der Waals surface area (Å²) in [5.41, 5.74) is 1.40. The molecule has 0 fully saturated rings. The van der Waals surface area contributed by atoms with Crippen molar-refractivity contribution >= 4 is 0 Å². The summed E-state index contributed by atoms with van der Waals surface area (Å²) in [7, 11) is 0. The van der Waals surface area contributed by atoms with E-state index in [2.05, 4.69) is 52.7 Å². The van der Waals surface area contributed by atoms with E-state index in [1.165, 1.54) is 5.56 Å². The molecule has 0 unspecified atom stereocenters. The maximum absolute atomic E-state index is 4.26. The lowest BCUT2D eigenvalue weighted by Gasteiger charge is -2.25. The van der Waals surface area contributed by atoms with Gasteiger partial charge in [0.15, 0.2) is 0 Å². The fourth-order valence-corrected chi connectivity index (χ4v) is 2.65. The van der Waals surface area contributed by atoms with Gasteiger partial charge in [0.2, 0.25) is 0 Å². The molecule has 1 aliphatic rings. The van der Waals surface area contributed by atoms with Crippen LogP contribution >= 0.6 is 0 Å². The summed E-state index contributed by atoms with van der Waals surface area (Å²) in [6.45, 7) is 4.22. The van der Waals surface area contributed by atoms with Crippen LogP contribution < -0.4 is 5.32 Å². The normalized spacial score (nSPS) is 19.9. The summed E-state index contributed by atoms with van der Waals surface area (Å²) >= 11 is 0. The highest BCUT2D eigenvalue weighted by Crippen LogP contribution is 2.15. The first kappa shape index (κ1) is 12.4. The minimum atomic E-state index is 0.514. The Bertz CT molecular complexity index is 520. The second-order valence-electron chi connectivity index (χ2n) is 5.31. The molecule has 1 aromatic heterocycles. The van der Waals surface area contributed by atoms with Crippen LogP contribution in [-0.2, 0) is 13.0 Å². The molecule has 0 aliphatic carbocycles. The number of rotatable bonds is 4. The summed E-state index contributed by atoms with van der Waals surface area (Å²) in [4.78, 5) is 4.26. The fraction of sp³-hybridized carbons (Fsp3) is 0.467. The number of aromatic nitrogens is 3. The third-order valence-electron chi connectivity index (χ3n) is 3.89. The van der Waals surface area contributed by atoms with Crippen LogP contribution in [0.5, 0.6) is 0 Å². The van der Waals surface area contributed by atoms with Gasteiger partial charge >= 0.3 is 0 Å². The zero-order valence-corrected chi connectivity index (χ0v) is 11.3. The van der Waals surface area contributed by atoms with Crippen molar-refractivity contribution < 1.29 is 0 Å². The lowest BCUT2D eigenvalue weighted by atomic mass is 10.00. The van der Waals surface area contributed by atoms with Gasteiger partial charge in [-0.1, -0.05) is 37.3 Å². The third kappa shape index (κ3) is 2.84. The first-order valence-electron chi connectivity index (χ1n) is 6.98. The van der Waals surface area contributed by atoms with Gasteiger partial charge in [-0.25, -0.2) is 9.67 Å². The van der Waals surface area contributed by atoms with Gasteiger partial charge in [0.05, 0.1) is 6.54 Å². The number of nitrogens with zero attached hydrogens (tertiary/aromatic N) is 3. The third-order valence-corrected chi connectivity index (χ3v) is 3.89. The van der Waals surface area contributed by atoms with E-state index in [0.29, 0.717) is 12.0 Å². The number of benzene rings is 1. The van der Waals surface area contributed by atoms with E-state index in [9.17, 15) is 0 Å². The Morgan fingerprint density at radius 2 is 2.21 bits per heavy atom. The molecule has 0 saturated heterocycles. The Balaban J connectivity index is 1.54. The molecule has 0 saturated carbocycles. The second-order valence-corrected chi connectivity index (χ2v) is 5.31. The highest BCUT2D eigenvalue weighted by atomic mass is 15.3. The van der Waals surface area contributed by atoms with Crippen molar-refractivity contribution in [3.05, 3.63) is 48.0 Å². The first-order valence-corrected chi connectivity index (χ1v) is 6.98. The van der Waals surface area contributed by atoms with Crippen LogP contribution in [0.2, 0.25) is 0 Å². The minimum absolute atomic E-state index is 0.514. The highest BCUT2D eigenvalue weighted by molar-refractivity contribution is 5.19. The Kier molecular flexibility index (Phi) is 3.60. The van der Waals surface area contributed by atoms with Crippen molar-refractivity contribution in [2.45, 2.75) is 38.3 Å². The molecule has 2 atom stereocenters. The molecular formula is C15H20N4. The smallest absolute Gasteiger partial charge is 0.138 e. The van der Waals surface area contributed by atoms with E-state index in [1.807, 2.05) is 4.68 Å². The minimum Gasteiger partial charge on any atom is -0.312 e. The molecule has 2 heterocycles. The Morgan fingerprint density at radius 3 is 3.05 bits per heavy atom. The summed E-state index contributed by atoms with van der Waals surface area (Å²) in [5, 5.41) is 7.92. The average molecular weight is 256 g/mol. The van der Waals surface area contributed by atoms with Crippen LogP contribution in [0.15, 0.2) is 36.7 Å². The van der Waals surface area contributed by atoms with Crippen molar-refractivity contribution in [1.82, 2.24) is 20.1 Å². The van der Waals surface area contributed by atoms with Gasteiger partial charge in [0, 0.05) is 19.0 Å². The lowest BCUT2D eigenvalue weighted by Crippen LogP contribution is -2.39. The molecule has 0 amide bonds. The van der Waals surface area contributed by atoms with Crippen LogP contribution in [0.25, 0.3) is 0 Å². The standard InChI is InChI=1S/C15H20N4/c1-12(13-5-3-2-4-6-13)9-16-14-7-8-15-17-11-18-19(15)10-14/h2-6,11-12,14,16H,7-10H2,1H3/t12-,14+/m0/s1. The molecule has 4 heteroatoms. The number of fused-ring (bicyclic) bond motifs is 1. The molecule has 3 rings (SSSR count). The lowest BCUT2D eigenvalue weighted by molar-refractivity contribution is 0.354. The Morgan fingerprint density at radius 1 is 1.37 bits per heavy atom. The van der Waals surface area contributed by atoms with E-state index in [0.717, 1.165) is 31.8 Å². The molecule has 4 nitrogen and oxygen atoms in total. The number of hydrogen-bond acceptors (Lipinski definition) is 3. The SMILES string of the molecule is C[C@@H](CN[C@@H]1CCc2ncnn2C1)c1ccccc1. The summed E-state index contributed by atoms with van der Waals surface area (Å²) in [5.74, 6) is 1.66. The molecular weight excluding hydrogens is 236 g/mol. The average Bonchev–Trinajstić information content (AvgIpc) is 2.93. The maximum Gasteiger partial charge on any atom is 0.138 e. The fourth-order valence-electron chi connectivity index (χ4n) is 2.65. The molecule has 0 spiro atoms. The summed E-state index contributed by atoms with van der Waals surface area (Å²) < 4.78 is 2.02. The number of aryl methyl sites for hydroxylation is 1. The molecule has 1 N–H and O–H groups in total. The largest absolute Gasteiger partial charge is 0.312 e. The van der Waals surface area contributed by atoms with Crippen molar-refractivity contribution in [2.24, 2.45) is 0 Å². The van der Waals surface area contributed by atoms with Crippen molar-refractivity contribution in [2.75, 3.05) is 6.54 Å². The zero-order chi connectivity index (χ0) is 13.1. The maximum atomic E-state index is 4.26. The van der Waals surface area contributed by atoms with Gasteiger partial charge in [0.1, 0.15) is 12.2 Å². The van der Waals surface area contributed by atoms with Crippen LogP contribution in [0.4, 0.5) is 0 Å². The molecule has 2 aromatic rings. The second kappa shape index (κ2) is 5.53. The number of nitrogens with one attached hydrogen (secondary N) is 1. The van der Waals surface area contributed by atoms with E-state index in [-0.39, 0.29) is 0 Å². The van der Waals surface area contributed by atoms with Crippen molar-refractivity contribution in [1.29, 1.82) is 0 Å². The molecule has 1 aliphatic heterocycles. The molecule has 0 radical (unpaired) electrons. The Labute approximate surface area is 113 Å². The van der Waals surface area contributed by atoms with Gasteiger partial charge in [0.25, 0.3) is 0 Å². The van der Waals surface area contributed by atoms with Crippen LogP contribution in [-0.4, -0.2) is 27.4 Å². The van der Waals surface area contributed by atoms with E-state index in [4.69, 9.17) is 0 Å². The van der Waals surface area contributed by atoms with Crippen LogP contribution in [0.1, 0.15) is 30.7 Å². The summed E-state index contributed by atoms with van der Waals surface area (Å²) in [6.07, 6.45) is 3.84. The first-order chi connectivity index (χ1) is 9.33. The zero-order valence-electron chi connectivity index (χ0n) is 11.3. The van der Waals surface area contributed by atoms with Gasteiger partial charge < -0.3 is 5.32 Å². The molecule has 1 aromatic carbocycles. The topological polar surface area (TPSA) is 42.7 Å².